The van der Waals surface area contributed by atoms with Crippen molar-refractivity contribution < 1.29 is 19.9 Å². The average Bonchev–Trinajstić information content (AvgIpc) is 2.77. The molecule has 1 aliphatic heterocycles. The molecule has 1 aromatic carbocycles. The first kappa shape index (κ1) is 21.5. The third kappa shape index (κ3) is 5.06. The van der Waals surface area contributed by atoms with Gasteiger partial charge in [-0.05, 0) is 43.2 Å². The second-order valence-corrected chi connectivity index (χ2v) is 8.39. The van der Waals surface area contributed by atoms with Crippen molar-refractivity contribution in [2.45, 2.75) is 57.5 Å². The van der Waals surface area contributed by atoms with Gasteiger partial charge in [-0.1, -0.05) is 56.2 Å². The monoisotopic (exact) mass is 400 g/mol. The average molecular weight is 401 g/mol. The summed E-state index contributed by atoms with van der Waals surface area (Å²) < 4.78 is 0. The summed E-state index contributed by atoms with van der Waals surface area (Å²) in [5.74, 6) is -1.84. The van der Waals surface area contributed by atoms with Crippen molar-refractivity contribution in [2.24, 2.45) is 11.8 Å². The minimum Gasteiger partial charge on any atom is -0.390 e. The van der Waals surface area contributed by atoms with E-state index in [1.165, 1.54) is 11.1 Å². The largest absolute Gasteiger partial charge is 0.390 e. The van der Waals surface area contributed by atoms with Gasteiger partial charge in [-0.2, -0.15) is 0 Å². The van der Waals surface area contributed by atoms with Crippen LogP contribution >= 0.6 is 0 Å². The van der Waals surface area contributed by atoms with Crippen LogP contribution in [0, 0.1) is 11.8 Å². The summed E-state index contributed by atoms with van der Waals surface area (Å²) in [6.07, 6.45) is 6.51. The Morgan fingerprint density at radius 2 is 2.00 bits per heavy atom. The summed E-state index contributed by atoms with van der Waals surface area (Å²) in [5.41, 5.74) is 3.18. The minimum absolute atomic E-state index is 0.0560. The van der Waals surface area contributed by atoms with Crippen LogP contribution in [0.4, 0.5) is 0 Å². The van der Waals surface area contributed by atoms with Gasteiger partial charge >= 0.3 is 0 Å². The fourth-order valence-electron chi connectivity index (χ4n) is 4.68. The van der Waals surface area contributed by atoms with E-state index in [4.69, 9.17) is 0 Å². The topological polar surface area (TPSA) is 89.9 Å². The first-order valence-electron chi connectivity index (χ1n) is 10.7. The quantitative estimate of drug-likeness (QED) is 0.505. The maximum atomic E-state index is 13.2. The van der Waals surface area contributed by atoms with Crippen LogP contribution in [0.3, 0.4) is 0 Å². The lowest BCUT2D eigenvalue weighted by molar-refractivity contribution is -0.153. The van der Waals surface area contributed by atoms with Crippen LogP contribution in [0.25, 0.3) is 5.57 Å². The van der Waals surface area contributed by atoms with Gasteiger partial charge in [0.2, 0.25) is 11.8 Å². The number of hydroxylamine groups is 1. The highest BCUT2D eigenvalue weighted by Crippen LogP contribution is 2.40. The molecule has 158 valence electrons. The van der Waals surface area contributed by atoms with E-state index in [0.717, 1.165) is 19.3 Å². The summed E-state index contributed by atoms with van der Waals surface area (Å²) in [5, 5.41) is 20.1. The van der Waals surface area contributed by atoms with E-state index in [1.54, 1.807) is 10.4 Å². The van der Waals surface area contributed by atoms with Crippen molar-refractivity contribution in [3.8, 4) is 0 Å². The van der Waals surface area contributed by atoms with Gasteiger partial charge in [-0.25, -0.2) is 5.48 Å². The van der Waals surface area contributed by atoms with Crippen molar-refractivity contribution in [1.82, 2.24) is 10.4 Å². The van der Waals surface area contributed by atoms with Crippen molar-refractivity contribution in [1.29, 1.82) is 0 Å². The van der Waals surface area contributed by atoms with E-state index in [1.807, 2.05) is 18.2 Å². The summed E-state index contributed by atoms with van der Waals surface area (Å²) in [7, 11) is 0. The van der Waals surface area contributed by atoms with Crippen molar-refractivity contribution in [3.05, 3.63) is 42.0 Å². The van der Waals surface area contributed by atoms with Crippen LogP contribution in [-0.2, 0) is 9.59 Å². The molecule has 1 saturated carbocycles. The Hall–Kier alpha value is -2.18. The van der Waals surface area contributed by atoms with Gasteiger partial charge in [0, 0.05) is 13.1 Å². The van der Waals surface area contributed by atoms with Crippen molar-refractivity contribution in [3.63, 3.8) is 0 Å². The van der Waals surface area contributed by atoms with Crippen molar-refractivity contribution >= 4 is 17.4 Å². The normalized spacial score (nSPS) is 27.3. The molecule has 0 radical (unpaired) electrons. The van der Waals surface area contributed by atoms with Crippen LogP contribution in [0.1, 0.15) is 57.4 Å². The second kappa shape index (κ2) is 9.55. The van der Waals surface area contributed by atoms with Gasteiger partial charge in [0.05, 0.1) is 17.4 Å². The molecule has 0 bridgehead atoms. The lowest BCUT2D eigenvalue weighted by Crippen LogP contribution is -2.51. The molecule has 1 fully saturated rings. The first-order valence-corrected chi connectivity index (χ1v) is 10.7. The molecule has 2 aliphatic rings. The molecule has 3 N–H and O–H groups in total. The molecule has 3 atom stereocenters. The Bertz CT molecular complexity index is 749. The van der Waals surface area contributed by atoms with E-state index >= 15 is 0 Å². The number of rotatable bonds is 6. The van der Waals surface area contributed by atoms with E-state index in [0.29, 0.717) is 32.4 Å². The molecular weight excluding hydrogens is 368 g/mol. The molecule has 1 aromatic rings. The molecule has 2 amide bonds. The Labute approximate surface area is 172 Å². The van der Waals surface area contributed by atoms with E-state index in [2.05, 4.69) is 25.1 Å². The lowest BCUT2D eigenvalue weighted by Gasteiger charge is -2.42. The number of nitrogens with one attached hydrogen (secondary N) is 1. The van der Waals surface area contributed by atoms with E-state index in [9.17, 15) is 19.9 Å². The standard InChI is InChI=1S/C23H32N2O4/c1-2-3-12-23(28)13-9-19(20(16-23)21(26)24-29)22(27)25-14-10-18(11-15-25)17-7-5-4-6-8-17/h4-8,10,19-20,28-29H,2-3,9,11-16H2,1H3,(H,24,26)/t19-,20-,23-/m0/s1. The Kier molecular flexibility index (Phi) is 7.09. The van der Waals surface area contributed by atoms with Crippen LogP contribution < -0.4 is 5.48 Å². The first-order chi connectivity index (χ1) is 14.0. The zero-order chi connectivity index (χ0) is 20.9. The maximum absolute atomic E-state index is 13.2. The number of carbonyl (C=O) groups excluding carboxylic acids is 2. The molecule has 0 aromatic heterocycles. The number of nitrogens with zero attached hydrogens (tertiary/aromatic N) is 1. The van der Waals surface area contributed by atoms with Crippen LogP contribution in [0.15, 0.2) is 36.4 Å². The third-order valence-corrected chi connectivity index (χ3v) is 6.43. The SMILES string of the molecule is CCCC[C@]1(O)CC[C@H](C(=O)N2CC=C(c3ccccc3)CC2)[C@@H](C(=O)NO)C1. The molecule has 29 heavy (non-hydrogen) atoms. The molecule has 3 rings (SSSR count). The third-order valence-electron chi connectivity index (χ3n) is 6.43. The number of amides is 2. The summed E-state index contributed by atoms with van der Waals surface area (Å²) >= 11 is 0. The highest BCUT2D eigenvalue weighted by Gasteiger charge is 2.46. The lowest BCUT2D eigenvalue weighted by atomic mass is 9.69. The Balaban J connectivity index is 1.69. The fourth-order valence-corrected chi connectivity index (χ4v) is 4.68. The molecule has 6 heteroatoms. The van der Waals surface area contributed by atoms with Gasteiger partial charge in [0.15, 0.2) is 0 Å². The van der Waals surface area contributed by atoms with Gasteiger partial charge in [0.1, 0.15) is 0 Å². The maximum Gasteiger partial charge on any atom is 0.247 e. The Morgan fingerprint density at radius 1 is 1.24 bits per heavy atom. The number of carbonyl (C=O) groups is 2. The fraction of sp³-hybridized carbons (Fsp3) is 0.565. The smallest absolute Gasteiger partial charge is 0.247 e. The summed E-state index contributed by atoms with van der Waals surface area (Å²) in [6, 6.07) is 10.1. The number of hydrogen-bond acceptors (Lipinski definition) is 4. The van der Waals surface area contributed by atoms with Gasteiger partial charge in [0.25, 0.3) is 0 Å². The van der Waals surface area contributed by atoms with E-state index in [-0.39, 0.29) is 12.3 Å². The molecule has 0 spiro atoms. The predicted octanol–water partition coefficient (Wildman–Crippen LogP) is 3.15. The highest BCUT2D eigenvalue weighted by molar-refractivity contribution is 5.88. The minimum atomic E-state index is -0.938. The molecule has 0 saturated heterocycles. The zero-order valence-corrected chi connectivity index (χ0v) is 17.1. The van der Waals surface area contributed by atoms with Crippen LogP contribution in [0.2, 0.25) is 0 Å². The summed E-state index contributed by atoms with van der Waals surface area (Å²) in [6.45, 7) is 3.20. The molecule has 1 aliphatic carbocycles. The predicted molar refractivity (Wildman–Crippen MR) is 111 cm³/mol. The van der Waals surface area contributed by atoms with Crippen molar-refractivity contribution in [2.75, 3.05) is 13.1 Å². The Morgan fingerprint density at radius 3 is 2.62 bits per heavy atom. The summed E-state index contributed by atoms with van der Waals surface area (Å²) in [4.78, 5) is 27.3. The molecule has 1 heterocycles. The van der Waals surface area contributed by atoms with E-state index < -0.39 is 23.3 Å². The molecular formula is C23H32N2O4. The molecule has 0 unspecified atom stereocenters. The second-order valence-electron chi connectivity index (χ2n) is 8.39. The number of unbranched alkanes of at least 4 members (excludes halogenated alkanes) is 1. The number of aliphatic hydroxyl groups is 1. The van der Waals surface area contributed by atoms with Crippen LogP contribution in [-0.4, -0.2) is 45.7 Å². The number of hydrogen-bond donors (Lipinski definition) is 3. The highest BCUT2D eigenvalue weighted by atomic mass is 16.5. The van der Waals surface area contributed by atoms with Gasteiger partial charge < -0.3 is 10.0 Å². The zero-order valence-electron chi connectivity index (χ0n) is 17.1. The molecule has 6 nitrogen and oxygen atoms in total. The van der Waals surface area contributed by atoms with Crippen LogP contribution in [0.5, 0.6) is 0 Å². The van der Waals surface area contributed by atoms with Gasteiger partial charge in [-0.15, -0.1) is 0 Å². The van der Waals surface area contributed by atoms with Gasteiger partial charge in [-0.3, -0.25) is 14.8 Å². The number of benzene rings is 1.